The summed E-state index contributed by atoms with van der Waals surface area (Å²) < 4.78 is 12.8. The molecule has 0 spiro atoms. The van der Waals surface area contributed by atoms with Crippen molar-refractivity contribution in [2.75, 3.05) is 0 Å². The molecule has 3 heteroatoms. The van der Waals surface area contributed by atoms with Crippen molar-refractivity contribution < 1.29 is 9.18 Å². The van der Waals surface area contributed by atoms with Crippen molar-refractivity contribution >= 4 is 28.7 Å². The molecule has 76 valence electrons. The Morgan fingerprint density at radius 3 is 2.73 bits per heavy atom. The molecule has 0 saturated heterocycles. The summed E-state index contributed by atoms with van der Waals surface area (Å²) in [5.74, 6) is 0. The van der Waals surface area contributed by atoms with Crippen molar-refractivity contribution in [2.45, 2.75) is 6.67 Å². The minimum Gasteiger partial charge on any atom is -0.298 e. The monoisotopic (exact) mass is 222 g/mol. The maximum absolute atomic E-state index is 12.8. The highest BCUT2D eigenvalue weighted by molar-refractivity contribution is 6.31. The number of aldehydes is 1. The van der Waals surface area contributed by atoms with Gasteiger partial charge in [0.05, 0.1) is 0 Å². The molecule has 2 aromatic carbocycles. The van der Waals surface area contributed by atoms with Gasteiger partial charge in [-0.2, -0.15) is 0 Å². The molecule has 0 bridgehead atoms. The van der Waals surface area contributed by atoms with E-state index >= 15 is 0 Å². The topological polar surface area (TPSA) is 17.1 Å². The highest BCUT2D eigenvalue weighted by Crippen LogP contribution is 2.25. The van der Waals surface area contributed by atoms with Gasteiger partial charge in [0.1, 0.15) is 13.0 Å². The summed E-state index contributed by atoms with van der Waals surface area (Å²) >= 11 is 5.82. The summed E-state index contributed by atoms with van der Waals surface area (Å²) in [4.78, 5) is 10.7. The van der Waals surface area contributed by atoms with E-state index in [4.69, 9.17) is 11.6 Å². The maximum atomic E-state index is 12.8. The lowest BCUT2D eigenvalue weighted by molar-refractivity contribution is 0.112. The molecule has 1 nitrogen and oxygen atoms in total. The molecule has 2 rings (SSSR count). The predicted octanol–water partition coefficient (Wildman–Crippen LogP) is 3.78. The van der Waals surface area contributed by atoms with Gasteiger partial charge in [0.2, 0.25) is 0 Å². The van der Waals surface area contributed by atoms with Crippen LogP contribution in [0.2, 0.25) is 5.02 Å². The van der Waals surface area contributed by atoms with Gasteiger partial charge in [-0.15, -0.1) is 0 Å². The van der Waals surface area contributed by atoms with Crippen LogP contribution in [0.3, 0.4) is 0 Å². The molecule has 0 N–H and O–H groups in total. The van der Waals surface area contributed by atoms with Crippen LogP contribution in [-0.4, -0.2) is 6.29 Å². The van der Waals surface area contributed by atoms with Crippen LogP contribution in [0, 0.1) is 0 Å². The fourth-order valence-electron chi connectivity index (χ4n) is 1.64. The second kappa shape index (κ2) is 3.99. The van der Waals surface area contributed by atoms with Crippen molar-refractivity contribution in [3.8, 4) is 0 Å². The summed E-state index contributed by atoms with van der Waals surface area (Å²) in [5, 5.41) is 2.19. The van der Waals surface area contributed by atoms with Gasteiger partial charge in [-0.3, -0.25) is 4.79 Å². The zero-order valence-corrected chi connectivity index (χ0v) is 8.59. The molecule has 15 heavy (non-hydrogen) atoms. The minimum absolute atomic E-state index is 0.396. The van der Waals surface area contributed by atoms with Gasteiger partial charge < -0.3 is 0 Å². The van der Waals surface area contributed by atoms with Crippen molar-refractivity contribution in [2.24, 2.45) is 0 Å². The number of carbonyl (C=O) groups is 1. The van der Waals surface area contributed by atoms with E-state index in [0.717, 1.165) is 10.8 Å². The van der Waals surface area contributed by atoms with Crippen LogP contribution in [0.5, 0.6) is 0 Å². The lowest BCUT2D eigenvalue weighted by Gasteiger charge is -2.06. The number of benzene rings is 2. The van der Waals surface area contributed by atoms with Crippen LogP contribution >= 0.6 is 11.6 Å². The molecule has 0 aliphatic heterocycles. The summed E-state index contributed by atoms with van der Waals surface area (Å²) in [6.07, 6.45) is 0.670. The maximum Gasteiger partial charge on any atom is 0.150 e. The molecule has 0 amide bonds. The summed E-state index contributed by atoms with van der Waals surface area (Å²) in [6, 6.07) is 8.56. The molecule has 0 aliphatic rings. The summed E-state index contributed by atoms with van der Waals surface area (Å²) in [7, 11) is 0. The molecular weight excluding hydrogens is 215 g/mol. The van der Waals surface area contributed by atoms with Crippen LogP contribution in [0.1, 0.15) is 15.9 Å². The Kier molecular flexibility index (Phi) is 2.69. The molecule has 0 aliphatic carbocycles. The van der Waals surface area contributed by atoms with E-state index in [2.05, 4.69) is 0 Å². The SMILES string of the molecule is O=Cc1ccc2cc(Cl)ccc2c1CF. The number of hydrogen-bond donors (Lipinski definition) is 0. The Bertz CT molecular complexity index is 522. The Labute approximate surface area is 91.5 Å². The van der Waals surface area contributed by atoms with E-state index < -0.39 is 6.67 Å². The first-order valence-corrected chi connectivity index (χ1v) is 4.86. The molecule has 0 fully saturated rings. The van der Waals surface area contributed by atoms with Crippen molar-refractivity contribution in [1.82, 2.24) is 0 Å². The van der Waals surface area contributed by atoms with Gasteiger partial charge in [0.25, 0.3) is 0 Å². The Hall–Kier alpha value is -1.41. The third-order valence-electron chi connectivity index (χ3n) is 2.39. The first kappa shape index (κ1) is 10.1. The largest absolute Gasteiger partial charge is 0.298 e. The first-order valence-electron chi connectivity index (χ1n) is 4.48. The van der Waals surface area contributed by atoms with Crippen LogP contribution in [0.4, 0.5) is 4.39 Å². The Balaban J connectivity index is 2.82. The number of carbonyl (C=O) groups excluding carboxylic acids is 1. The Morgan fingerprint density at radius 2 is 2.07 bits per heavy atom. The van der Waals surface area contributed by atoms with E-state index in [1.54, 1.807) is 30.3 Å². The van der Waals surface area contributed by atoms with Gasteiger partial charge >= 0.3 is 0 Å². The molecular formula is C12H8ClFO. The fourth-order valence-corrected chi connectivity index (χ4v) is 1.82. The second-order valence-electron chi connectivity index (χ2n) is 3.25. The van der Waals surface area contributed by atoms with E-state index in [1.165, 1.54) is 0 Å². The highest BCUT2D eigenvalue weighted by atomic mass is 35.5. The third-order valence-corrected chi connectivity index (χ3v) is 2.63. The molecule has 0 radical (unpaired) electrons. The fraction of sp³-hybridized carbons (Fsp3) is 0.0833. The minimum atomic E-state index is -0.646. The van der Waals surface area contributed by atoms with Gasteiger partial charge in [-0.25, -0.2) is 4.39 Å². The van der Waals surface area contributed by atoms with Gasteiger partial charge in [-0.1, -0.05) is 29.8 Å². The summed E-state index contributed by atoms with van der Waals surface area (Å²) in [5.41, 5.74) is 0.825. The molecule has 0 saturated carbocycles. The van der Waals surface area contributed by atoms with E-state index in [0.29, 0.717) is 22.4 Å². The standard InChI is InChI=1S/C12H8ClFO/c13-10-3-4-11-8(5-10)1-2-9(7-15)12(11)6-14/h1-5,7H,6H2. The van der Waals surface area contributed by atoms with Gasteiger partial charge in [0, 0.05) is 16.1 Å². The number of rotatable bonds is 2. The lowest BCUT2D eigenvalue weighted by Crippen LogP contribution is -1.91. The molecule has 0 aromatic heterocycles. The molecule has 2 aromatic rings. The normalized spacial score (nSPS) is 10.5. The van der Waals surface area contributed by atoms with Gasteiger partial charge in [0.15, 0.2) is 0 Å². The number of halogens is 2. The zero-order valence-electron chi connectivity index (χ0n) is 7.84. The van der Waals surface area contributed by atoms with E-state index in [9.17, 15) is 9.18 Å². The number of fused-ring (bicyclic) bond motifs is 1. The summed E-state index contributed by atoms with van der Waals surface area (Å²) in [6.45, 7) is -0.646. The number of hydrogen-bond acceptors (Lipinski definition) is 1. The molecule has 0 atom stereocenters. The quantitative estimate of drug-likeness (QED) is 0.707. The van der Waals surface area contributed by atoms with E-state index in [-0.39, 0.29) is 0 Å². The van der Waals surface area contributed by atoms with Crippen LogP contribution < -0.4 is 0 Å². The molecule has 0 unspecified atom stereocenters. The molecule has 0 heterocycles. The predicted molar refractivity (Wildman–Crippen MR) is 59.2 cm³/mol. The average Bonchev–Trinajstić information content (AvgIpc) is 2.27. The average molecular weight is 223 g/mol. The number of alkyl halides is 1. The van der Waals surface area contributed by atoms with Crippen molar-refractivity contribution in [3.63, 3.8) is 0 Å². The third kappa shape index (κ3) is 1.73. The van der Waals surface area contributed by atoms with Crippen molar-refractivity contribution in [1.29, 1.82) is 0 Å². The smallest absolute Gasteiger partial charge is 0.150 e. The highest BCUT2D eigenvalue weighted by Gasteiger charge is 2.06. The second-order valence-corrected chi connectivity index (χ2v) is 3.69. The van der Waals surface area contributed by atoms with Crippen molar-refractivity contribution in [3.05, 3.63) is 46.5 Å². The van der Waals surface area contributed by atoms with Crippen LogP contribution in [-0.2, 0) is 6.67 Å². The first-order chi connectivity index (χ1) is 7.26. The van der Waals surface area contributed by atoms with Crippen LogP contribution in [0.25, 0.3) is 10.8 Å². The van der Waals surface area contributed by atoms with E-state index in [1.807, 2.05) is 0 Å². The zero-order chi connectivity index (χ0) is 10.8. The lowest BCUT2D eigenvalue weighted by atomic mass is 10.0. The van der Waals surface area contributed by atoms with Gasteiger partial charge in [-0.05, 0) is 22.9 Å². The Morgan fingerprint density at radius 1 is 1.27 bits per heavy atom. The van der Waals surface area contributed by atoms with Crippen LogP contribution in [0.15, 0.2) is 30.3 Å².